The van der Waals surface area contributed by atoms with Crippen molar-refractivity contribution in [1.29, 1.82) is 5.26 Å². The quantitative estimate of drug-likeness (QED) is 0.439. The first kappa shape index (κ1) is 17.7. The maximum atomic E-state index is 9.86. The van der Waals surface area contributed by atoms with Gasteiger partial charge in [0.05, 0.1) is 32.0 Å². The molecule has 11 heteroatoms. The minimum Gasteiger partial charge on any atom is -0.324 e. The molecular formula is C13H15ClN5O3PS. The normalized spacial score (nSPS) is 22.7. The molecule has 0 bridgehead atoms. The molecule has 1 aliphatic rings. The molecule has 0 spiro atoms. The Morgan fingerprint density at radius 2 is 2.21 bits per heavy atom. The predicted molar refractivity (Wildman–Crippen MR) is 90.7 cm³/mol. The molecule has 3 rings (SSSR count). The summed E-state index contributed by atoms with van der Waals surface area (Å²) in [6, 6.07) is 2.17. The fourth-order valence-corrected chi connectivity index (χ4v) is 3.98. The summed E-state index contributed by atoms with van der Waals surface area (Å²) < 4.78 is 12.4. The highest BCUT2D eigenvalue weighted by molar-refractivity contribution is 8.07. The molecule has 1 unspecified atom stereocenters. The number of halogens is 1. The van der Waals surface area contributed by atoms with Crippen LogP contribution < -0.4 is 0 Å². The predicted octanol–water partition coefficient (Wildman–Crippen LogP) is 2.59. The lowest BCUT2D eigenvalue weighted by Gasteiger charge is -2.36. The van der Waals surface area contributed by atoms with E-state index in [1.54, 1.807) is 6.33 Å². The van der Waals surface area contributed by atoms with E-state index in [0.717, 1.165) is 12.8 Å². The third-order valence-corrected chi connectivity index (χ3v) is 5.75. The topological polar surface area (TPSA) is 106 Å². The second-order valence-electron chi connectivity index (χ2n) is 5.49. The number of nitrogens with zero attached hydrogens (tertiary/aromatic N) is 5. The average molecular weight is 388 g/mol. The van der Waals surface area contributed by atoms with Gasteiger partial charge < -0.3 is 18.5 Å². The molecule has 1 N–H and O–H groups in total. The maximum absolute atomic E-state index is 9.86. The molecule has 8 nitrogen and oxygen atoms in total. The van der Waals surface area contributed by atoms with Gasteiger partial charge in [-0.15, -0.1) is 0 Å². The van der Waals surface area contributed by atoms with Gasteiger partial charge in [0.15, 0.2) is 10.8 Å². The summed E-state index contributed by atoms with van der Waals surface area (Å²) in [5.74, 6) is 0.277. The SMILES string of the molecule is N#CCCOP(O)(=S)OCC1CC(n2cnc3c(Cl)ncnc32)C1. The van der Waals surface area contributed by atoms with Gasteiger partial charge >= 0.3 is 6.72 Å². The molecule has 0 amide bonds. The molecule has 2 heterocycles. The second kappa shape index (κ2) is 7.40. The lowest BCUT2D eigenvalue weighted by atomic mass is 9.81. The molecule has 0 saturated heterocycles. The van der Waals surface area contributed by atoms with Gasteiger partial charge in [-0.05, 0) is 30.6 Å². The summed E-state index contributed by atoms with van der Waals surface area (Å²) in [5, 5.41) is 8.78. The number of imidazole rings is 1. The third kappa shape index (κ3) is 3.91. The Morgan fingerprint density at radius 1 is 1.42 bits per heavy atom. The van der Waals surface area contributed by atoms with Crippen LogP contribution in [0.4, 0.5) is 0 Å². The zero-order valence-electron chi connectivity index (χ0n) is 12.6. The van der Waals surface area contributed by atoms with Crippen molar-refractivity contribution in [2.75, 3.05) is 13.2 Å². The monoisotopic (exact) mass is 387 g/mol. The summed E-state index contributed by atoms with van der Waals surface area (Å²) in [5.41, 5.74) is 1.31. The molecule has 1 fully saturated rings. The molecule has 1 atom stereocenters. The highest BCUT2D eigenvalue weighted by Crippen LogP contribution is 2.47. The zero-order chi connectivity index (χ0) is 17.2. The van der Waals surface area contributed by atoms with E-state index >= 15 is 0 Å². The van der Waals surface area contributed by atoms with Gasteiger partial charge in [-0.2, -0.15) is 5.26 Å². The molecule has 1 aliphatic carbocycles. The fourth-order valence-electron chi connectivity index (χ4n) is 2.60. The largest absolute Gasteiger partial charge is 0.324 e. The molecule has 24 heavy (non-hydrogen) atoms. The lowest BCUT2D eigenvalue weighted by molar-refractivity contribution is 0.106. The van der Waals surface area contributed by atoms with Crippen LogP contribution in [0.15, 0.2) is 12.7 Å². The van der Waals surface area contributed by atoms with Crippen molar-refractivity contribution in [3.63, 3.8) is 0 Å². The van der Waals surface area contributed by atoms with E-state index in [9.17, 15) is 4.89 Å². The number of hydrogen-bond acceptors (Lipinski definition) is 7. The molecule has 0 radical (unpaired) electrons. The van der Waals surface area contributed by atoms with E-state index in [1.807, 2.05) is 10.6 Å². The van der Waals surface area contributed by atoms with E-state index in [4.69, 9.17) is 37.7 Å². The number of hydrogen-bond donors (Lipinski definition) is 1. The number of rotatable bonds is 7. The Hall–Kier alpha value is -1.14. The fraction of sp³-hybridized carbons (Fsp3) is 0.538. The van der Waals surface area contributed by atoms with Crippen molar-refractivity contribution in [1.82, 2.24) is 19.5 Å². The van der Waals surface area contributed by atoms with Gasteiger partial charge in [0.1, 0.15) is 11.8 Å². The van der Waals surface area contributed by atoms with Gasteiger partial charge in [0.25, 0.3) is 0 Å². The van der Waals surface area contributed by atoms with Gasteiger partial charge in [0.2, 0.25) is 0 Å². The molecule has 2 aromatic rings. The van der Waals surface area contributed by atoms with E-state index < -0.39 is 6.72 Å². The van der Waals surface area contributed by atoms with Crippen molar-refractivity contribution in [2.45, 2.75) is 25.3 Å². The Morgan fingerprint density at radius 3 is 2.96 bits per heavy atom. The maximum Gasteiger partial charge on any atom is 0.324 e. The third-order valence-electron chi connectivity index (χ3n) is 3.86. The van der Waals surface area contributed by atoms with Crippen LogP contribution in [-0.4, -0.2) is 37.6 Å². The van der Waals surface area contributed by atoms with E-state index in [2.05, 4.69) is 15.0 Å². The van der Waals surface area contributed by atoms with Crippen LogP contribution in [0.5, 0.6) is 0 Å². The van der Waals surface area contributed by atoms with Gasteiger partial charge in [-0.3, -0.25) is 0 Å². The summed E-state index contributed by atoms with van der Waals surface area (Å²) in [7, 11) is 0. The van der Waals surface area contributed by atoms with Crippen LogP contribution in [0, 0.1) is 17.2 Å². The lowest BCUT2D eigenvalue weighted by Crippen LogP contribution is -2.29. The Bertz CT molecular complexity index is 820. The molecular weight excluding hydrogens is 373 g/mol. The smallest absolute Gasteiger partial charge is 0.324 e. The van der Waals surface area contributed by atoms with Crippen molar-refractivity contribution < 1.29 is 13.9 Å². The Labute approximate surface area is 148 Å². The Kier molecular flexibility index (Phi) is 5.45. The van der Waals surface area contributed by atoms with Gasteiger partial charge in [-0.1, -0.05) is 11.6 Å². The van der Waals surface area contributed by atoms with E-state index in [0.29, 0.717) is 22.9 Å². The standard InChI is InChI=1S/C13H15ClN5O3PS/c14-12-11-13(17-7-16-12)19(8-18-11)10-4-9(5-10)6-22-23(20,24)21-3-1-2-15/h7-10H,1,3-6H2,(H,20,24). The van der Waals surface area contributed by atoms with Crippen LogP contribution in [0.1, 0.15) is 25.3 Å². The van der Waals surface area contributed by atoms with Crippen LogP contribution in [0.25, 0.3) is 11.2 Å². The highest BCUT2D eigenvalue weighted by atomic mass is 35.5. The number of fused-ring (bicyclic) bond motifs is 1. The van der Waals surface area contributed by atoms with Crippen molar-refractivity contribution in [3.05, 3.63) is 17.8 Å². The van der Waals surface area contributed by atoms with Crippen molar-refractivity contribution >= 4 is 41.3 Å². The molecule has 0 aliphatic heterocycles. The molecule has 0 aromatic carbocycles. The summed E-state index contributed by atoms with van der Waals surface area (Å²) in [6.45, 7) is -2.84. The van der Waals surface area contributed by atoms with E-state index in [1.165, 1.54) is 6.33 Å². The van der Waals surface area contributed by atoms with Crippen LogP contribution >= 0.6 is 18.3 Å². The minimum atomic E-state index is -3.26. The molecule has 2 aromatic heterocycles. The minimum absolute atomic E-state index is 0.0824. The first-order chi connectivity index (χ1) is 11.5. The van der Waals surface area contributed by atoms with Crippen LogP contribution in [0.2, 0.25) is 5.15 Å². The zero-order valence-corrected chi connectivity index (χ0v) is 15.0. The second-order valence-corrected chi connectivity index (χ2v) is 8.68. The van der Waals surface area contributed by atoms with Gasteiger partial charge in [0, 0.05) is 6.04 Å². The highest BCUT2D eigenvalue weighted by Gasteiger charge is 2.33. The Balaban J connectivity index is 1.51. The van der Waals surface area contributed by atoms with Crippen LogP contribution in [-0.2, 0) is 20.9 Å². The average Bonchev–Trinajstić information content (AvgIpc) is 2.91. The summed E-state index contributed by atoms with van der Waals surface area (Å²) in [6.07, 6.45) is 5.03. The van der Waals surface area contributed by atoms with Crippen molar-refractivity contribution in [2.24, 2.45) is 5.92 Å². The molecule has 128 valence electrons. The number of aromatic nitrogens is 4. The number of nitriles is 1. The van der Waals surface area contributed by atoms with E-state index in [-0.39, 0.29) is 25.0 Å². The summed E-state index contributed by atoms with van der Waals surface area (Å²) >= 11 is 10.9. The first-order valence-electron chi connectivity index (χ1n) is 7.32. The van der Waals surface area contributed by atoms with Crippen molar-refractivity contribution in [3.8, 4) is 6.07 Å². The molecule has 1 saturated carbocycles. The first-order valence-corrected chi connectivity index (χ1v) is 10.3. The van der Waals surface area contributed by atoms with Gasteiger partial charge in [-0.25, -0.2) is 15.0 Å². The van der Waals surface area contributed by atoms with Crippen LogP contribution in [0.3, 0.4) is 0 Å². The summed E-state index contributed by atoms with van der Waals surface area (Å²) in [4.78, 5) is 22.3.